The van der Waals surface area contributed by atoms with Crippen LogP contribution >= 0.6 is 23.2 Å². The van der Waals surface area contributed by atoms with Gasteiger partial charge >= 0.3 is 11.9 Å². The zero-order valence-corrected chi connectivity index (χ0v) is 13.5. The van der Waals surface area contributed by atoms with Crippen molar-refractivity contribution >= 4 is 35.1 Å². The minimum atomic E-state index is -1.18. The van der Waals surface area contributed by atoms with Crippen LogP contribution in [-0.2, 0) is 23.8 Å². The summed E-state index contributed by atoms with van der Waals surface area (Å²) in [5.74, 6) is -1.41. The van der Waals surface area contributed by atoms with Crippen LogP contribution < -0.4 is 0 Å². The molecule has 0 spiro atoms. The summed E-state index contributed by atoms with van der Waals surface area (Å²) in [6, 6.07) is 4.57. The average Bonchev–Trinajstić information content (AvgIpc) is 2.51. The van der Waals surface area contributed by atoms with Crippen LogP contribution in [0.25, 0.3) is 0 Å². The molecule has 1 unspecified atom stereocenters. The van der Waals surface area contributed by atoms with Crippen molar-refractivity contribution in [3.8, 4) is 0 Å². The van der Waals surface area contributed by atoms with Crippen molar-refractivity contribution in [2.45, 2.75) is 18.9 Å². The van der Waals surface area contributed by atoms with Crippen LogP contribution in [0.5, 0.6) is 0 Å². The van der Waals surface area contributed by atoms with Crippen LogP contribution in [0, 0.1) is 5.92 Å². The van der Waals surface area contributed by atoms with Crippen molar-refractivity contribution in [1.82, 2.24) is 0 Å². The maximum absolute atomic E-state index is 12.2. The lowest BCUT2D eigenvalue weighted by molar-refractivity contribution is -0.171. The lowest BCUT2D eigenvalue weighted by atomic mass is 10.0. The van der Waals surface area contributed by atoms with Gasteiger partial charge < -0.3 is 14.2 Å². The molecule has 5 nitrogen and oxygen atoms in total. The van der Waals surface area contributed by atoms with E-state index in [2.05, 4.69) is 0 Å². The molecule has 1 heterocycles. The molecule has 1 saturated heterocycles. The number of carbonyl (C=O) groups excluding carboxylic acids is 2. The zero-order chi connectivity index (χ0) is 16.1. The van der Waals surface area contributed by atoms with Crippen LogP contribution in [0.1, 0.15) is 24.5 Å². The normalized spacial score (nSPS) is 16.9. The third-order valence-electron chi connectivity index (χ3n) is 3.39. The van der Waals surface area contributed by atoms with Gasteiger partial charge in [-0.25, -0.2) is 4.79 Å². The Hall–Kier alpha value is -1.30. The Morgan fingerprint density at radius 3 is 2.32 bits per heavy atom. The fraction of sp³-hybridized carbons (Fsp3) is 0.467. The fourth-order valence-corrected chi connectivity index (χ4v) is 2.77. The smallest absolute Gasteiger partial charge is 0.351 e. The molecule has 1 fully saturated rings. The first-order valence-electron chi connectivity index (χ1n) is 6.83. The number of esters is 2. The summed E-state index contributed by atoms with van der Waals surface area (Å²) < 4.78 is 15.3. The molecule has 0 aliphatic carbocycles. The molecule has 1 aliphatic heterocycles. The van der Waals surface area contributed by atoms with E-state index < -0.39 is 18.0 Å². The molecule has 0 N–H and O–H groups in total. The SMILES string of the molecule is COC(=O)C(OC(=O)C1CCOCC1)c1cc(Cl)cc(Cl)c1. The van der Waals surface area contributed by atoms with E-state index in [1.54, 1.807) is 0 Å². The third-order valence-corrected chi connectivity index (χ3v) is 3.83. The van der Waals surface area contributed by atoms with Gasteiger partial charge in [0, 0.05) is 28.8 Å². The Bertz CT molecular complexity index is 535. The molecule has 0 bridgehead atoms. The number of hydrogen-bond donors (Lipinski definition) is 0. The average molecular weight is 347 g/mol. The molecule has 1 aromatic carbocycles. The van der Waals surface area contributed by atoms with Gasteiger partial charge in [0.2, 0.25) is 6.10 Å². The lowest BCUT2D eigenvalue weighted by Crippen LogP contribution is -2.29. The highest BCUT2D eigenvalue weighted by Gasteiger charge is 2.31. The number of hydrogen-bond acceptors (Lipinski definition) is 5. The van der Waals surface area contributed by atoms with Crippen molar-refractivity contribution in [3.05, 3.63) is 33.8 Å². The number of ether oxygens (including phenoxy) is 3. The van der Waals surface area contributed by atoms with Crippen molar-refractivity contribution in [2.75, 3.05) is 20.3 Å². The number of benzene rings is 1. The first-order valence-corrected chi connectivity index (χ1v) is 7.59. The standard InChI is InChI=1S/C15H16Cl2O5/c1-20-15(19)13(10-6-11(16)8-12(17)7-10)22-14(18)9-2-4-21-5-3-9/h6-9,13H,2-5H2,1H3. The minimum Gasteiger partial charge on any atom is -0.466 e. The second kappa shape index (κ2) is 7.81. The quantitative estimate of drug-likeness (QED) is 0.783. The van der Waals surface area contributed by atoms with Crippen LogP contribution in [0.15, 0.2) is 18.2 Å². The number of halogens is 2. The van der Waals surface area contributed by atoms with E-state index >= 15 is 0 Å². The summed E-state index contributed by atoms with van der Waals surface area (Å²) in [4.78, 5) is 24.2. The molecule has 22 heavy (non-hydrogen) atoms. The molecule has 1 aliphatic rings. The Labute approximate surface area is 138 Å². The molecule has 7 heteroatoms. The van der Waals surface area contributed by atoms with E-state index in [-0.39, 0.29) is 5.92 Å². The number of rotatable bonds is 4. The summed E-state index contributed by atoms with van der Waals surface area (Å²) in [5, 5.41) is 0.692. The first kappa shape index (κ1) is 17.1. The Morgan fingerprint density at radius 2 is 1.77 bits per heavy atom. The van der Waals surface area contributed by atoms with E-state index in [9.17, 15) is 9.59 Å². The van der Waals surface area contributed by atoms with Gasteiger partial charge in [0.25, 0.3) is 0 Å². The van der Waals surface area contributed by atoms with Crippen molar-refractivity contribution < 1.29 is 23.8 Å². The summed E-state index contributed by atoms with van der Waals surface area (Å²) in [6.45, 7) is 1.01. The predicted molar refractivity (Wildman–Crippen MR) is 80.9 cm³/mol. The summed E-state index contributed by atoms with van der Waals surface area (Å²) in [6.07, 6.45) is -0.0389. The predicted octanol–water partition coefficient (Wildman–Crippen LogP) is 3.18. The van der Waals surface area contributed by atoms with Gasteiger partial charge in [-0.05, 0) is 31.0 Å². The van der Waals surface area contributed by atoms with E-state index in [0.29, 0.717) is 41.7 Å². The van der Waals surface area contributed by atoms with E-state index in [1.165, 1.54) is 25.3 Å². The van der Waals surface area contributed by atoms with Gasteiger partial charge in [0.05, 0.1) is 13.0 Å². The van der Waals surface area contributed by atoms with Crippen molar-refractivity contribution in [3.63, 3.8) is 0 Å². The van der Waals surface area contributed by atoms with Crippen LogP contribution in [0.2, 0.25) is 10.0 Å². The van der Waals surface area contributed by atoms with Gasteiger partial charge in [-0.15, -0.1) is 0 Å². The second-order valence-corrected chi connectivity index (χ2v) is 5.80. The van der Waals surface area contributed by atoms with Crippen LogP contribution in [-0.4, -0.2) is 32.3 Å². The molecule has 1 atom stereocenters. The third kappa shape index (κ3) is 4.35. The van der Waals surface area contributed by atoms with E-state index in [0.717, 1.165) is 0 Å². The molecule has 0 aromatic heterocycles. The molecular formula is C15H16Cl2O5. The van der Waals surface area contributed by atoms with Gasteiger partial charge in [0.1, 0.15) is 0 Å². The van der Waals surface area contributed by atoms with E-state index in [1.807, 2.05) is 0 Å². The zero-order valence-electron chi connectivity index (χ0n) is 12.0. The Balaban J connectivity index is 2.18. The second-order valence-electron chi connectivity index (χ2n) is 4.93. The molecule has 0 saturated carbocycles. The highest BCUT2D eigenvalue weighted by molar-refractivity contribution is 6.34. The molecule has 2 rings (SSSR count). The number of carbonyl (C=O) groups is 2. The molecular weight excluding hydrogens is 331 g/mol. The Kier molecular flexibility index (Phi) is 6.06. The van der Waals surface area contributed by atoms with Gasteiger partial charge in [-0.2, -0.15) is 0 Å². The lowest BCUT2D eigenvalue weighted by Gasteiger charge is -2.23. The summed E-state index contributed by atoms with van der Waals surface area (Å²) in [5.41, 5.74) is 0.379. The highest BCUT2D eigenvalue weighted by atomic mass is 35.5. The summed E-state index contributed by atoms with van der Waals surface area (Å²) >= 11 is 11.9. The Morgan fingerprint density at radius 1 is 1.18 bits per heavy atom. The topological polar surface area (TPSA) is 61.8 Å². The molecule has 0 radical (unpaired) electrons. The van der Waals surface area contributed by atoms with E-state index in [4.69, 9.17) is 37.4 Å². The molecule has 120 valence electrons. The minimum absolute atomic E-state index is 0.282. The molecule has 0 amide bonds. The largest absolute Gasteiger partial charge is 0.466 e. The maximum atomic E-state index is 12.2. The van der Waals surface area contributed by atoms with Crippen molar-refractivity contribution in [2.24, 2.45) is 5.92 Å². The summed E-state index contributed by atoms with van der Waals surface area (Å²) in [7, 11) is 1.23. The van der Waals surface area contributed by atoms with Crippen LogP contribution in [0.3, 0.4) is 0 Å². The molecule has 1 aromatic rings. The number of methoxy groups -OCH3 is 1. The van der Waals surface area contributed by atoms with Gasteiger partial charge in [0.15, 0.2) is 0 Å². The van der Waals surface area contributed by atoms with Gasteiger partial charge in [-0.1, -0.05) is 23.2 Å². The highest BCUT2D eigenvalue weighted by Crippen LogP contribution is 2.28. The first-order chi connectivity index (χ1) is 10.5. The van der Waals surface area contributed by atoms with Gasteiger partial charge in [-0.3, -0.25) is 4.79 Å². The monoisotopic (exact) mass is 346 g/mol. The maximum Gasteiger partial charge on any atom is 0.351 e. The van der Waals surface area contributed by atoms with Crippen molar-refractivity contribution in [1.29, 1.82) is 0 Å². The van der Waals surface area contributed by atoms with Crippen LogP contribution in [0.4, 0.5) is 0 Å². The fourth-order valence-electron chi connectivity index (χ4n) is 2.23.